The van der Waals surface area contributed by atoms with Gasteiger partial charge in [0.25, 0.3) is 5.89 Å². The van der Waals surface area contributed by atoms with Gasteiger partial charge in [0.15, 0.2) is 0 Å². The van der Waals surface area contributed by atoms with Gasteiger partial charge in [-0.15, -0.1) is 10.2 Å². The minimum atomic E-state index is -0.627. The van der Waals surface area contributed by atoms with Crippen molar-refractivity contribution in [2.45, 2.75) is 32.4 Å². The highest BCUT2D eigenvalue weighted by Crippen LogP contribution is 2.33. The van der Waals surface area contributed by atoms with Crippen LogP contribution in [-0.4, -0.2) is 55.6 Å². The molecule has 0 radical (unpaired) electrons. The molecule has 0 amide bonds. The van der Waals surface area contributed by atoms with Gasteiger partial charge < -0.3 is 29.5 Å². The lowest BCUT2D eigenvalue weighted by Crippen LogP contribution is -2.32. The monoisotopic (exact) mass is 564 g/mol. The van der Waals surface area contributed by atoms with E-state index >= 15 is 0 Å². The Labute approximate surface area is 242 Å². The minimum Gasteiger partial charge on any atom is -0.416 e. The lowest BCUT2D eigenvalue weighted by Gasteiger charge is -2.20. The van der Waals surface area contributed by atoms with Gasteiger partial charge in [0.1, 0.15) is 11.6 Å². The number of anilines is 3. The molecule has 3 N–H and O–H groups in total. The zero-order chi connectivity index (χ0) is 29.1. The molecule has 0 aliphatic carbocycles. The first-order valence-electron chi connectivity index (χ1n) is 13.6. The number of nitrogens with one attached hydrogen (secondary N) is 2. The molecule has 5 aromatic rings. The molecular weight excluding hydrogens is 535 g/mol. The molecule has 1 aromatic carbocycles. The lowest BCUT2D eigenvalue weighted by molar-refractivity contribution is 0.0834. The van der Waals surface area contributed by atoms with Crippen molar-refractivity contribution in [2.24, 2.45) is 0 Å². The molecule has 5 heterocycles. The van der Waals surface area contributed by atoms with Crippen LogP contribution in [0.15, 0.2) is 77.6 Å². The summed E-state index contributed by atoms with van der Waals surface area (Å²) in [5.41, 5.74) is 3.07. The Morgan fingerprint density at radius 1 is 1.00 bits per heavy atom. The standard InChI is InChI=1S/C29H29BN8O4/c1-4-40-30-21-12-13-23(34-24(21)29(2,3)42-30)35-28-32-16-20(27-38-37-26(41-27)19-11-8-14-31-15-19)25(36-28)33-22(17-39)18-9-6-5-7-10-18/h5-16,22,39H,4,17H2,1-3H3,(H2,32,33,34,35,36)/t22-/m1/s1. The highest BCUT2D eigenvalue weighted by Gasteiger charge is 2.44. The molecule has 42 heavy (non-hydrogen) atoms. The Kier molecular flexibility index (Phi) is 7.61. The van der Waals surface area contributed by atoms with Crippen LogP contribution >= 0.6 is 0 Å². The maximum Gasteiger partial charge on any atom is 0.496 e. The molecule has 4 aromatic heterocycles. The zero-order valence-electron chi connectivity index (χ0n) is 23.4. The van der Waals surface area contributed by atoms with E-state index in [2.05, 4.69) is 30.8 Å². The fourth-order valence-corrected chi connectivity index (χ4v) is 4.72. The average Bonchev–Trinajstić information content (AvgIpc) is 3.60. The molecule has 1 aliphatic heterocycles. The van der Waals surface area contributed by atoms with Gasteiger partial charge in [0.05, 0.1) is 35.1 Å². The molecule has 212 valence electrons. The highest BCUT2D eigenvalue weighted by molar-refractivity contribution is 6.63. The molecule has 13 heteroatoms. The Bertz CT molecular complexity index is 1670. The number of nitrogens with zero attached hydrogens (tertiary/aromatic N) is 6. The van der Waals surface area contributed by atoms with Crippen molar-refractivity contribution in [3.63, 3.8) is 0 Å². The van der Waals surface area contributed by atoms with Gasteiger partial charge in [-0.3, -0.25) is 4.98 Å². The SMILES string of the molecule is CCOB1OC(C)(C)c2nc(Nc3ncc(-c4nnc(-c5cccnc5)o4)c(N[C@H](CO)c4ccccc4)n3)ccc21. The molecule has 0 spiro atoms. The summed E-state index contributed by atoms with van der Waals surface area (Å²) in [5, 5.41) is 25.2. The van der Waals surface area contributed by atoms with Crippen molar-refractivity contribution < 1.29 is 18.8 Å². The minimum absolute atomic E-state index is 0.177. The molecule has 0 fully saturated rings. The first-order valence-corrected chi connectivity index (χ1v) is 13.6. The summed E-state index contributed by atoms with van der Waals surface area (Å²) < 4.78 is 17.8. The second-order valence-electron chi connectivity index (χ2n) is 10.1. The van der Waals surface area contributed by atoms with Crippen LogP contribution in [0, 0.1) is 0 Å². The van der Waals surface area contributed by atoms with Gasteiger partial charge in [-0.05, 0) is 44.5 Å². The largest absolute Gasteiger partial charge is 0.496 e. The summed E-state index contributed by atoms with van der Waals surface area (Å²) in [6.07, 6.45) is 4.90. The van der Waals surface area contributed by atoms with Crippen LogP contribution in [0.25, 0.3) is 22.9 Å². The first kappa shape index (κ1) is 27.5. The van der Waals surface area contributed by atoms with Crippen LogP contribution in [0.1, 0.15) is 38.1 Å². The maximum absolute atomic E-state index is 10.2. The number of aliphatic hydroxyl groups excluding tert-OH is 1. The molecule has 1 aliphatic rings. The third-order valence-corrected chi connectivity index (χ3v) is 6.76. The van der Waals surface area contributed by atoms with Crippen LogP contribution < -0.4 is 16.1 Å². The third-order valence-electron chi connectivity index (χ3n) is 6.76. The van der Waals surface area contributed by atoms with Gasteiger partial charge in [0.2, 0.25) is 11.8 Å². The topological polar surface area (TPSA) is 153 Å². The van der Waals surface area contributed by atoms with Crippen molar-refractivity contribution >= 4 is 30.2 Å². The molecular formula is C29H29BN8O4. The van der Waals surface area contributed by atoms with Gasteiger partial charge in [-0.25, -0.2) is 9.97 Å². The fourth-order valence-electron chi connectivity index (χ4n) is 4.72. The van der Waals surface area contributed by atoms with E-state index in [1.54, 1.807) is 24.7 Å². The average molecular weight is 564 g/mol. The van der Waals surface area contributed by atoms with E-state index in [4.69, 9.17) is 23.7 Å². The zero-order valence-corrected chi connectivity index (χ0v) is 23.4. The molecule has 0 bridgehead atoms. The van der Waals surface area contributed by atoms with Crippen LogP contribution in [0.4, 0.5) is 17.6 Å². The van der Waals surface area contributed by atoms with Gasteiger partial charge >= 0.3 is 7.12 Å². The van der Waals surface area contributed by atoms with Gasteiger partial charge in [0, 0.05) is 30.7 Å². The van der Waals surface area contributed by atoms with E-state index in [-0.39, 0.29) is 18.4 Å². The summed E-state index contributed by atoms with van der Waals surface area (Å²) in [5.74, 6) is 1.73. The maximum atomic E-state index is 10.2. The van der Waals surface area contributed by atoms with Gasteiger partial charge in [-0.1, -0.05) is 36.4 Å². The molecule has 0 unspecified atom stereocenters. The summed E-state index contributed by atoms with van der Waals surface area (Å²) in [6, 6.07) is 16.5. The normalized spacial score (nSPS) is 14.4. The van der Waals surface area contributed by atoms with Crippen LogP contribution in [0.3, 0.4) is 0 Å². The highest BCUT2D eigenvalue weighted by atomic mass is 16.6. The van der Waals surface area contributed by atoms with Crippen LogP contribution in [0.2, 0.25) is 0 Å². The Hall–Kier alpha value is -4.72. The van der Waals surface area contributed by atoms with Gasteiger partial charge in [-0.2, -0.15) is 4.98 Å². The van der Waals surface area contributed by atoms with E-state index < -0.39 is 18.8 Å². The number of aromatic nitrogens is 6. The summed E-state index contributed by atoms with van der Waals surface area (Å²) in [6.45, 7) is 6.19. The van der Waals surface area contributed by atoms with E-state index in [1.807, 2.05) is 69.3 Å². The lowest BCUT2D eigenvalue weighted by atomic mass is 9.80. The van der Waals surface area contributed by atoms with E-state index in [9.17, 15) is 5.11 Å². The second kappa shape index (κ2) is 11.6. The molecule has 0 saturated carbocycles. The second-order valence-corrected chi connectivity index (χ2v) is 10.1. The van der Waals surface area contributed by atoms with E-state index in [1.165, 1.54) is 0 Å². The predicted molar refractivity (Wildman–Crippen MR) is 157 cm³/mol. The summed E-state index contributed by atoms with van der Waals surface area (Å²) in [7, 11) is -0.466. The van der Waals surface area contributed by atoms with Crippen LogP contribution in [0.5, 0.6) is 0 Å². The third kappa shape index (κ3) is 5.57. The first-order chi connectivity index (χ1) is 20.4. The number of hydrogen-bond acceptors (Lipinski definition) is 12. The summed E-state index contributed by atoms with van der Waals surface area (Å²) in [4.78, 5) is 18.2. The Morgan fingerprint density at radius 3 is 2.60 bits per heavy atom. The Balaban J connectivity index is 1.34. The molecule has 0 saturated heterocycles. The number of benzene rings is 1. The summed E-state index contributed by atoms with van der Waals surface area (Å²) >= 11 is 0. The van der Waals surface area contributed by atoms with Crippen molar-refractivity contribution in [3.05, 3.63) is 84.4 Å². The van der Waals surface area contributed by atoms with Crippen molar-refractivity contribution in [3.8, 4) is 22.9 Å². The number of fused-ring (bicyclic) bond motifs is 1. The Morgan fingerprint density at radius 2 is 1.83 bits per heavy atom. The van der Waals surface area contributed by atoms with Crippen LogP contribution in [-0.2, 0) is 14.9 Å². The predicted octanol–water partition coefficient (Wildman–Crippen LogP) is 3.87. The number of rotatable bonds is 10. The smallest absolute Gasteiger partial charge is 0.416 e. The molecule has 1 atom stereocenters. The fraction of sp³-hybridized carbons (Fsp3) is 0.241. The van der Waals surface area contributed by atoms with Crippen molar-refractivity contribution in [1.29, 1.82) is 0 Å². The van der Waals surface area contributed by atoms with Crippen molar-refractivity contribution in [1.82, 2.24) is 30.1 Å². The molecule has 12 nitrogen and oxygen atoms in total. The molecule has 6 rings (SSSR count). The quantitative estimate of drug-likeness (QED) is 0.211. The number of pyridine rings is 2. The number of hydrogen-bond donors (Lipinski definition) is 3. The van der Waals surface area contributed by atoms with E-state index in [0.29, 0.717) is 35.3 Å². The van der Waals surface area contributed by atoms with Crippen molar-refractivity contribution in [2.75, 3.05) is 23.8 Å². The number of aliphatic hydroxyl groups is 1. The van der Waals surface area contributed by atoms with E-state index in [0.717, 1.165) is 16.7 Å².